The normalized spacial score (nSPS) is 14.0. The highest BCUT2D eigenvalue weighted by molar-refractivity contribution is 7.51. The average Bonchev–Trinajstić information content (AvgIpc) is 3.27. The van der Waals surface area contributed by atoms with E-state index in [2.05, 4.69) is 20.3 Å². The van der Waals surface area contributed by atoms with E-state index >= 15 is 0 Å². The summed E-state index contributed by atoms with van der Waals surface area (Å²) in [5.74, 6) is 0. The zero-order valence-corrected chi connectivity index (χ0v) is 20.0. The molecule has 0 aliphatic heterocycles. The van der Waals surface area contributed by atoms with Gasteiger partial charge in [0.2, 0.25) is 5.52 Å². The van der Waals surface area contributed by atoms with Gasteiger partial charge < -0.3 is 25.9 Å². The molecule has 13 heteroatoms. The molecule has 2 aromatic rings. The van der Waals surface area contributed by atoms with Crippen LogP contribution in [-0.4, -0.2) is 55.0 Å². The van der Waals surface area contributed by atoms with Crippen molar-refractivity contribution in [1.82, 2.24) is 10.3 Å². The smallest absolute Gasteiger partial charge is 0.325 e. The lowest BCUT2D eigenvalue weighted by Gasteiger charge is -2.15. The quantitative estimate of drug-likeness (QED) is 0.0702. The van der Waals surface area contributed by atoms with Gasteiger partial charge in [-0.2, -0.15) is 0 Å². The zero-order valence-electron chi connectivity index (χ0n) is 19.1. The minimum absolute atomic E-state index is 0.0704. The lowest BCUT2D eigenvalue weighted by Crippen LogP contribution is -2.34. The van der Waals surface area contributed by atoms with Crippen molar-refractivity contribution >= 4 is 30.0 Å². The Hall–Kier alpha value is -2.37. The summed E-state index contributed by atoms with van der Waals surface area (Å²) >= 11 is 0. The van der Waals surface area contributed by atoms with Crippen LogP contribution < -0.4 is 11.1 Å². The van der Waals surface area contributed by atoms with E-state index in [9.17, 15) is 19.8 Å². The van der Waals surface area contributed by atoms with E-state index in [1.807, 2.05) is 6.08 Å². The van der Waals surface area contributed by atoms with Crippen LogP contribution in [0.5, 0.6) is 0 Å². The second kappa shape index (κ2) is 14.1. The predicted octanol–water partition coefficient (Wildman–Crippen LogP) is 3.48. The van der Waals surface area contributed by atoms with Crippen molar-refractivity contribution in [3.8, 4) is 0 Å². The molecule has 0 unspecified atom stereocenters. The molecule has 0 fully saturated rings. The number of fused-ring (bicyclic) bond motifs is 1. The highest BCUT2D eigenvalue weighted by Crippen LogP contribution is 2.35. The third-order valence-corrected chi connectivity index (χ3v) is 6.32. The number of aromatic nitrogens is 2. The van der Waals surface area contributed by atoms with Gasteiger partial charge in [0, 0.05) is 18.7 Å². The number of nitro benzene ring substituents is 1. The third-order valence-electron chi connectivity index (χ3n) is 5.48. The fraction of sp³-hybridized carbons (Fsp3) is 0.619. The summed E-state index contributed by atoms with van der Waals surface area (Å²) in [5.41, 5.74) is 6.78. The topological polar surface area (TPSA) is 198 Å². The number of nitrogens with two attached hydrogens (primary N) is 1. The molecule has 1 heterocycles. The molecule has 0 spiro atoms. The summed E-state index contributed by atoms with van der Waals surface area (Å²) < 4.78 is 15.5. The van der Waals surface area contributed by atoms with Crippen LogP contribution in [0.2, 0.25) is 0 Å². The Bertz CT molecular complexity index is 978. The van der Waals surface area contributed by atoms with E-state index in [0.717, 1.165) is 57.9 Å². The SMILES string of the molecule is N[C@@H](CCP(=O)(O)O)[C@H](O)/C=C/CCCCCCCCCNc1ccc([N+](=O)[O-])c2nonc12. The molecule has 0 aliphatic carbocycles. The van der Waals surface area contributed by atoms with Crippen LogP contribution in [0.1, 0.15) is 57.8 Å². The number of rotatable bonds is 17. The number of anilines is 1. The number of nitrogens with zero attached hydrogens (tertiary/aromatic N) is 3. The first-order valence-electron chi connectivity index (χ1n) is 11.5. The summed E-state index contributed by atoms with van der Waals surface area (Å²) in [4.78, 5) is 28.2. The van der Waals surface area contributed by atoms with Crippen LogP contribution in [0, 0.1) is 10.1 Å². The van der Waals surface area contributed by atoms with Gasteiger partial charge in [-0.05, 0) is 42.1 Å². The first kappa shape index (κ1) is 27.9. The monoisotopic (exact) mass is 499 g/mol. The average molecular weight is 500 g/mol. The van der Waals surface area contributed by atoms with Crippen LogP contribution in [0.4, 0.5) is 11.4 Å². The summed E-state index contributed by atoms with van der Waals surface area (Å²) in [6.45, 7) is 0.725. The van der Waals surface area contributed by atoms with Crippen LogP contribution in [0.25, 0.3) is 11.0 Å². The van der Waals surface area contributed by atoms with Gasteiger partial charge in [0.1, 0.15) is 0 Å². The third kappa shape index (κ3) is 9.86. The first-order chi connectivity index (χ1) is 16.2. The standard InChI is InChI=1S/C21H34N5O7P/c22-16(13-15-34(30,31)32)19(27)10-8-6-4-2-1-3-5-7-9-14-23-17-11-12-18(26(28)29)21-20(17)24-33-25-21/h8,10-12,16,19,23,27H,1-7,9,13-15,22H2,(H2,30,31,32)/b10-8+/t16-,19+/m0/s1. The molecule has 2 atom stereocenters. The number of aliphatic hydroxyl groups is 1. The second-order valence-electron chi connectivity index (χ2n) is 8.30. The highest BCUT2D eigenvalue weighted by atomic mass is 31.2. The van der Waals surface area contributed by atoms with Crippen molar-refractivity contribution in [2.75, 3.05) is 18.0 Å². The Labute approximate surface area is 197 Å². The molecule has 12 nitrogen and oxygen atoms in total. The molecule has 0 saturated heterocycles. The summed E-state index contributed by atoms with van der Waals surface area (Å²) in [6.07, 6.45) is 10.6. The second-order valence-corrected chi connectivity index (χ2v) is 10.1. The van der Waals surface area contributed by atoms with Gasteiger partial charge in [-0.25, -0.2) is 4.63 Å². The summed E-state index contributed by atoms with van der Waals surface area (Å²) in [5, 5.41) is 31.5. The molecule has 2 rings (SSSR count). The van der Waals surface area contributed by atoms with E-state index in [0.29, 0.717) is 11.2 Å². The molecule has 1 aromatic carbocycles. The highest BCUT2D eigenvalue weighted by Gasteiger charge is 2.20. The minimum atomic E-state index is -4.09. The number of hydrogen-bond donors (Lipinski definition) is 5. The molecular weight excluding hydrogens is 465 g/mol. The Morgan fingerprint density at radius 2 is 1.76 bits per heavy atom. The van der Waals surface area contributed by atoms with E-state index in [-0.39, 0.29) is 23.8 Å². The molecule has 34 heavy (non-hydrogen) atoms. The first-order valence-corrected chi connectivity index (χ1v) is 13.3. The Morgan fingerprint density at radius 3 is 2.44 bits per heavy atom. The number of non-ortho nitro benzene ring substituents is 1. The van der Waals surface area contributed by atoms with Gasteiger partial charge >= 0.3 is 13.3 Å². The van der Waals surface area contributed by atoms with Crippen LogP contribution >= 0.6 is 7.60 Å². The van der Waals surface area contributed by atoms with Gasteiger partial charge in [0.25, 0.3) is 0 Å². The Morgan fingerprint density at radius 1 is 1.12 bits per heavy atom. The number of unbranched alkanes of at least 4 members (excludes halogenated alkanes) is 7. The van der Waals surface area contributed by atoms with Crippen molar-refractivity contribution < 1.29 is 29.0 Å². The van der Waals surface area contributed by atoms with Gasteiger partial charge in [-0.15, -0.1) is 0 Å². The molecule has 190 valence electrons. The fourth-order valence-corrected chi connectivity index (χ4v) is 4.14. The predicted molar refractivity (Wildman–Crippen MR) is 129 cm³/mol. The van der Waals surface area contributed by atoms with E-state index < -0.39 is 24.7 Å². The summed E-state index contributed by atoms with van der Waals surface area (Å²) in [7, 11) is -4.09. The van der Waals surface area contributed by atoms with Crippen LogP contribution in [-0.2, 0) is 4.57 Å². The molecule has 1 aromatic heterocycles. The van der Waals surface area contributed by atoms with Gasteiger partial charge in [0.15, 0.2) is 5.52 Å². The Balaban J connectivity index is 1.50. The number of benzene rings is 1. The van der Waals surface area contributed by atoms with E-state index in [1.165, 1.54) is 6.07 Å². The lowest BCUT2D eigenvalue weighted by atomic mass is 10.1. The number of aliphatic hydroxyl groups excluding tert-OH is 1. The van der Waals surface area contributed by atoms with Crippen molar-refractivity contribution in [3.63, 3.8) is 0 Å². The molecule has 6 N–H and O–H groups in total. The van der Waals surface area contributed by atoms with E-state index in [1.54, 1.807) is 12.1 Å². The van der Waals surface area contributed by atoms with E-state index in [4.69, 9.17) is 15.5 Å². The number of nitrogens with one attached hydrogen (secondary N) is 1. The maximum absolute atomic E-state index is 11.0. The lowest BCUT2D eigenvalue weighted by molar-refractivity contribution is -0.383. The van der Waals surface area contributed by atoms with Crippen molar-refractivity contribution in [2.24, 2.45) is 5.73 Å². The van der Waals surface area contributed by atoms with Gasteiger partial charge in [-0.3, -0.25) is 14.7 Å². The molecule has 0 bridgehead atoms. The van der Waals surface area contributed by atoms with Crippen molar-refractivity contribution in [2.45, 2.75) is 69.9 Å². The van der Waals surface area contributed by atoms with Gasteiger partial charge in [0.05, 0.1) is 22.9 Å². The maximum Gasteiger partial charge on any atom is 0.325 e. The van der Waals surface area contributed by atoms with Crippen molar-refractivity contribution in [3.05, 3.63) is 34.4 Å². The molecular formula is C21H34N5O7P. The van der Waals surface area contributed by atoms with Crippen LogP contribution in [0.15, 0.2) is 28.9 Å². The molecule has 0 saturated carbocycles. The van der Waals surface area contributed by atoms with Crippen LogP contribution in [0.3, 0.4) is 0 Å². The fourth-order valence-electron chi connectivity index (χ4n) is 3.50. The Kier molecular flexibility index (Phi) is 11.6. The maximum atomic E-state index is 11.0. The number of allylic oxidation sites excluding steroid dienone is 1. The minimum Gasteiger partial charge on any atom is -0.387 e. The zero-order chi connectivity index (χ0) is 25.0. The van der Waals surface area contributed by atoms with Gasteiger partial charge in [-0.1, -0.05) is 44.3 Å². The molecule has 0 aliphatic rings. The number of nitro groups is 1. The van der Waals surface area contributed by atoms with Crippen molar-refractivity contribution in [1.29, 1.82) is 0 Å². The molecule has 0 amide bonds. The summed E-state index contributed by atoms with van der Waals surface area (Å²) in [6, 6.07) is 2.33. The number of hydrogen-bond acceptors (Lipinski definition) is 9. The largest absolute Gasteiger partial charge is 0.387 e. The molecule has 0 radical (unpaired) electrons.